The summed E-state index contributed by atoms with van der Waals surface area (Å²) in [5, 5.41) is 4.79. The predicted molar refractivity (Wildman–Crippen MR) is 89.5 cm³/mol. The topological polar surface area (TPSA) is 42.0 Å². The van der Waals surface area contributed by atoms with Gasteiger partial charge in [0.2, 0.25) is 5.91 Å². The molecule has 0 saturated heterocycles. The van der Waals surface area contributed by atoms with E-state index in [0.717, 1.165) is 23.3 Å². The number of hydrogen-bond acceptors (Lipinski definition) is 3. The second kappa shape index (κ2) is 7.78. The Morgan fingerprint density at radius 2 is 2.19 bits per heavy atom. The number of thiazole rings is 1. The first kappa shape index (κ1) is 16.3. The fourth-order valence-electron chi connectivity index (χ4n) is 1.83. The summed E-state index contributed by atoms with van der Waals surface area (Å²) in [6.45, 7) is 2.06. The highest BCUT2D eigenvalue weighted by Gasteiger charge is 2.09. The number of rotatable bonds is 6. The van der Waals surface area contributed by atoms with Crippen molar-refractivity contribution < 1.29 is 4.79 Å². The first-order chi connectivity index (χ1) is 10.1. The van der Waals surface area contributed by atoms with Crippen LogP contribution in [0.3, 0.4) is 0 Å². The molecule has 1 aromatic heterocycles. The molecule has 0 aliphatic carbocycles. The number of halogens is 2. The Morgan fingerprint density at radius 3 is 2.95 bits per heavy atom. The average Bonchev–Trinajstić information content (AvgIpc) is 2.88. The number of unbranched alkanes of at least 4 members (excludes halogenated alkanes) is 1. The standard InChI is InChI=1S/C15H16Cl2N2OS/c1-2-3-4-14(20)19-15-18-9-12(21-15)8-10-7-11(16)5-6-13(10)17/h5-7,9H,2-4,8H2,1H3,(H,18,19,20). The highest BCUT2D eigenvalue weighted by atomic mass is 35.5. The summed E-state index contributed by atoms with van der Waals surface area (Å²) in [5.74, 6) is 0.0125. The fourth-order valence-corrected chi connectivity index (χ4v) is 3.06. The molecule has 1 amide bonds. The quantitative estimate of drug-likeness (QED) is 0.786. The second-order valence-electron chi connectivity index (χ2n) is 4.70. The molecular weight excluding hydrogens is 327 g/mol. The van der Waals surface area contributed by atoms with E-state index < -0.39 is 0 Å². The van der Waals surface area contributed by atoms with Crippen LogP contribution in [-0.4, -0.2) is 10.9 Å². The zero-order chi connectivity index (χ0) is 15.2. The van der Waals surface area contributed by atoms with Gasteiger partial charge in [0, 0.05) is 34.0 Å². The predicted octanol–water partition coefficient (Wildman–Crippen LogP) is 5.17. The molecule has 0 saturated carbocycles. The smallest absolute Gasteiger partial charge is 0.226 e. The van der Waals surface area contributed by atoms with Gasteiger partial charge in [0.15, 0.2) is 5.13 Å². The number of carbonyl (C=O) groups is 1. The summed E-state index contributed by atoms with van der Waals surface area (Å²) in [4.78, 5) is 16.9. The van der Waals surface area contributed by atoms with Crippen LogP contribution in [0.25, 0.3) is 0 Å². The molecule has 0 fully saturated rings. The largest absolute Gasteiger partial charge is 0.302 e. The molecule has 6 heteroatoms. The third kappa shape index (κ3) is 4.99. The van der Waals surface area contributed by atoms with Crippen molar-refractivity contribution in [2.45, 2.75) is 32.6 Å². The minimum atomic E-state index is 0.0125. The van der Waals surface area contributed by atoms with E-state index in [1.807, 2.05) is 6.07 Å². The van der Waals surface area contributed by atoms with Crippen LogP contribution in [0.5, 0.6) is 0 Å². The molecule has 2 aromatic rings. The number of amides is 1. The van der Waals surface area contributed by atoms with Crippen LogP contribution in [-0.2, 0) is 11.2 Å². The van der Waals surface area contributed by atoms with Crippen molar-refractivity contribution in [3.63, 3.8) is 0 Å². The lowest BCUT2D eigenvalue weighted by Gasteiger charge is -2.02. The molecule has 1 heterocycles. The maximum absolute atomic E-state index is 11.7. The Labute approximate surface area is 138 Å². The van der Waals surface area contributed by atoms with Gasteiger partial charge in [-0.1, -0.05) is 36.5 Å². The third-order valence-electron chi connectivity index (χ3n) is 2.93. The molecule has 21 heavy (non-hydrogen) atoms. The van der Waals surface area contributed by atoms with Crippen molar-refractivity contribution in [2.75, 3.05) is 5.32 Å². The van der Waals surface area contributed by atoms with Gasteiger partial charge in [0.1, 0.15) is 0 Å². The van der Waals surface area contributed by atoms with Gasteiger partial charge in [-0.25, -0.2) is 4.98 Å². The number of aromatic nitrogens is 1. The molecule has 0 spiro atoms. The number of benzene rings is 1. The van der Waals surface area contributed by atoms with Crippen LogP contribution in [0.2, 0.25) is 10.0 Å². The van der Waals surface area contributed by atoms with Crippen LogP contribution in [0, 0.1) is 0 Å². The SMILES string of the molecule is CCCCC(=O)Nc1ncc(Cc2cc(Cl)ccc2Cl)s1. The number of hydrogen-bond donors (Lipinski definition) is 1. The fraction of sp³-hybridized carbons (Fsp3) is 0.333. The van der Waals surface area contributed by atoms with E-state index in [-0.39, 0.29) is 5.91 Å². The summed E-state index contributed by atoms with van der Waals surface area (Å²) in [6.07, 6.45) is 4.84. The van der Waals surface area contributed by atoms with Gasteiger partial charge in [-0.15, -0.1) is 11.3 Å². The van der Waals surface area contributed by atoms with E-state index in [1.165, 1.54) is 11.3 Å². The average molecular weight is 343 g/mol. The maximum atomic E-state index is 11.7. The van der Waals surface area contributed by atoms with Crippen LogP contribution in [0.4, 0.5) is 5.13 Å². The first-order valence-electron chi connectivity index (χ1n) is 6.77. The lowest BCUT2D eigenvalue weighted by molar-refractivity contribution is -0.116. The first-order valence-corrected chi connectivity index (χ1v) is 8.34. The van der Waals surface area contributed by atoms with Gasteiger partial charge in [-0.3, -0.25) is 4.79 Å². The highest BCUT2D eigenvalue weighted by Crippen LogP contribution is 2.27. The summed E-state index contributed by atoms with van der Waals surface area (Å²) in [6, 6.07) is 5.40. The summed E-state index contributed by atoms with van der Waals surface area (Å²) < 4.78 is 0. The Balaban J connectivity index is 2.00. The summed E-state index contributed by atoms with van der Waals surface area (Å²) in [5.41, 5.74) is 0.955. The molecule has 0 aliphatic rings. The van der Waals surface area contributed by atoms with Gasteiger partial charge in [0.05, 0.1) is 0 Å². The van der Waals surface area contributed by atoms with Gasteiger partial charge in [-0.2, -0.15) is 0 Å². The van der Waals surface area contributed by atoms with E-state index in [2.05, 4.69) is 17.2 Å². The maximum Gasteiger partial charge on any atom is 0.226 e. The summed E-state index contributed by atoms with van der Waals surface area (Å²) in [7, 11) is 0. The minimum Gasteiger partial charge on any atom is -0.302 e. The zero-order valence-corrected chi connectivity index (χ0v) is 14.0. The van der Waals surface area contributed by atoms with E-state index in [4.69, 9.17) is 23.2 Å². The van der Waals surface area contributed by atoms with Crippen molar-refractivity contribution in [1.29, 1.82) is 0 Å². The molecule has 112 valence electrons. The van der Waals surface area contributed by atoms with Gasteiger partial charge < -0.3 is 5.32 Å². The van der Waals surface area contributed by atoms with Crippen LogP contribution in [0.1, 0.15) is 36.6 Å². The molecule has 1 aromatic carbocycles. The molecule has 0 unspecified atom stereocenters. The highest BCUT2D eigenvalue weighted by molar-refractivity contribution is 7.15. The lowest BCUT2D eigenvalue weighted by atomic mass is 10.1. The zero-order valence-electron chi connectivity index (χ0n) is 11.7. The van der Waals surface area contributed by atoms with E-state index in [1.54, 1.807) is 18.3 Å². The molecule has 0 aliphatic heterocycles. The van der Waals surface area contributed by atoms with Crippen molar-refractivity contribution >= 4 is 45.6 Å². The van der Waals surface area contributed by atoms with Crippen LogP contribution >= 0.6 is 34.5 Å². The monoisotopic (exact) mass is 342 g/mol. The second-order valence-corrected chi connectivity index (χ2v) is 6.65. The number of nitrogens with one attached hydrogen (secondary N) is 1. The molecule has 0 atom stereocenters. The minimum absolute atomic E-state index is 0.0125. The molecule has 3 nitrogen and oxygen atoms in total. The van der Waals surface area contributed by atoms with Crippen molar-refractivity contribution in [1.82, 2.24) is 4.98 Å². The number of nitrogens with zero attached hydrogens (tertiary/aromatic N) is 1. The molecular formula is C15H16Cl2N2OS. The number of carbonyl (C=O) groups excluding carboxylic acids is 1. The van der Waals surface area contributed by atoms with Gasteiger partial charge >= 0.3 is 0 Å². The van der Waals surface area contributed by atoms with Crippen molar-refractivity contribution in [3.8, 4) is 0 Å². The molecule has 0 radical (unpaired) electrons. The van der Waals surface area contributed by atoms with E-state index in [9.17, 15) is 4.79 Å². The summed E-state index contributed by atoms with van der Waals surface area (Å²) >= 11 is 13.6. The third-order valence-corrected chi connectivity index (χ3v) is 4.45. The molecule has 2 rings (SSSR count). The Bertz CT molecular complexity index is 628. The molecule has 1 N–H and O–H groups in total. The Kier molecular flexibility index (Phi) is 6.03. The number of anilines is 1. The van der Waals surface area contributed by atoms with E-state index >= 15 is 0 Å². The van der Waals surface area contributed by atoms with Crippen LogP contribution in [0.15, 0.2) is 24.4 Å². The van der Waals surface area contributed by atoms with E-state index in [0.29, 0.717) is 28.0 Å². The normalized spacial score (nSPS) is 10.6. The van der Waals surface area contributed by atoms with Crippen molar-refractivity contribution in [2.24, 2.45) is 0 Å². The van der Waals surface area contributed by atoms with Gasteiger partial charge in [0.25, 0.3) is 0 Å². The van der Waals surface area contributed by atoms with Gasteiger partial charge in [-0.05, 0) is 30.2 Å². The Hall–Kier alpha value is -1.10. The van der Waals surface area contributed by atoms with Crippen molar-refractivity contribution in [3.05, 3.63) is 44.9 Å². The Morgan fingerprint density at radius 1 is 1.38 bits per heavy atom. The van der Waals surface area contributed by atoms with Crippen LogP contribution < -0.4 is 5.32 Å². The molecule has 0 bridgehead atoms. The lowest BCUT2D eigenvalue weighted by Crippen LogP contribution is -2.10.